The summed E-state index contributed by atoms with van der Waals surface area (Å²) in [6.45, 7) is 2.99. The molecule has 1 heterocycles. The van der Waals surface area contributed by atoms with Crippen molar-refractivity contribution in [2.75, 3.05) is 44.6 Å². The van der Waals surface area contributed by atoms with Crippen LogP contribution in [0, 0.1) is 0 Å². The van der Waals surface area contributed by atoms with Gasteiger partial charge in [0.1, 0.15) is 0 Å². The van der Waals surface area contributed by atoms with Gasteiger partial charge in [0, 0.05) is 51.4 Å². The molecular formula is C36H37F3N4O2. The molecule has 1 fully saturated rings. The van der Waals surface area contributed by atoms with E-state index in [2.05, 4.69) is 34.5 Å². The van der Waals surface area contributed by atoms with Crippen molar-refractivity contribution in [3.63, 3.8) is 0 Å². The lowest BCUT2D eigenvalue weighted by Crippen LogP contribution is -2.50. The summed E-state index contributed by atoms with van der Waals surface area (Å²) in [7, 11) is 0. The lowest BCUT2D eigenvalue weighted by Gasteiger charge is -2.40. The minimum atomic E-state index is -4.52. The largest absolute Gasteiger partial charge is 0.416 e. The molecule has 0 bridgehead atoms. The second-order valence-electron chi connectivity index (χ2n) is 11.1. The van der Waals surface area contributed by atoms with Crippen molar-refractivity contribution in [1.29, 1.82) is 0 Å². The monoisotopic (exact) mass is 614 g/mol. The molecule has 0 aliphatic carbocycles. The van der Waals surface area contributed by atoms with Gasteiger partial charge in [0.15, 0.2) is 0 Å². The van der Waals surface area contributed by atoms with Crippen LogP contribution < -0.4 is 5.32 Å². The van der Waals surface area contributed by atoms with Gasteiger partial charge in [0.25, 0.3) is 0 Å². The van der Waals surface area contributed by atoms with Crippen molar-refractivity contribution in [3.05, 3.63) is 138 Å². The van der Waals surface area contributed by atoms with Gasteiger partial charge in [-0.15, -0.1) is 0 Å². The SMILES string of the molecule is O=C(CCN(CCc1ccccc1)C(=O)Nc1cccc(C(F)(F)F)c1)N1CCN(C(c2ccccc2)c2ccccc2)CC1. The Hall–Kier alpha value is -4.63. The van der Waals surface area contributed by atoms with E-state index in [1.54, 1.807) is 0 Å². The number of halogens is 3. The third-order valence-corrected chi connectivity index (χ3v) is 8.10. The van der Waals surface area contributed by atoms with Crippen LogP contribution in [-0.2, 0) is 17.4 Å². The summed E-state index contributed by atoms with van der Waals surface area (Å²) in [6.07, 6.45) is -3.86. The zero-order valence-electron chi connectivity index (χ0n) is 25.0. The zero-order chi connectivity index (χ0) is 31.6. The Bertz CT molecular complexity index is 1490. The summed E-state index contributed by atoms with van der Waals surface area (Å²) in [5.41, 5.74) is 2.62. The van der Waals surface area contributed by atoms with E-state index >= 15 is 0 Å². The number of amides is 3. The van der Waals surface area contributed by atoms with Crippen molar-refractivity contribution in [1.82, 2.24) is 14.7 Å². The van der Waals surface area contributed by atoms with E-state index in [4.69, 9.17) is 0 Å². The van der Waals surface area contributed by atoms with Gasteiger partial charge in [-0.1, -0.05) is 97.1 Å². The second-order valence-corrected chi connectivity index (χ2v) is 11.1. The highest BCUT2D eigenvalue weighted by molar-refractivity contribution is 5.89. The van der Waals surface area contributed by atoms with Crippen LogP contribution >= 0.6 is 0 Å². The molecule has 0 unspecified atom stereocenters. The van der Waals surface area contributed by atoms with Gasteiger partial charge < -0.3 is 15.1 Å². The number of hydrogen-bond donors (Lipinski definition) is 1. The highest BCUT2D eigenvalue weighted by Crippen LogP contribution is 2.31. The standard InChI is InChI=1S/C36H37F3N4O2/c37-36(38,39)31-17-10-18-32(27-31)40-35(45)43(21-19-28-11-4-1-5-12-28)22-20-33(44)41-23-25-42(26-24-41)34(29-13-6-2-7-14-29)30-15-8-3-9-16-30/h1-18,27,34H,19-26H2,(H,40,45). The number of urea groups is 1. The lowest BCUT2D eigenvalue weighted by molar-refractivity contribution is -0.137. The molecule has 0 aromatic heterocycles. The fraction of sp³-hybridized carbons (Fsp3) is 0.278. The van der Waals surface area contributed by atoms with Gasteiger partial charge in [-0.25, -0.2) is 4.79 Å². The number of rotatable bonds is 10. The molecule has 3 amide bonds. The Morgan fingerprint density at radius 3 is 1.89 bits per heavy atom. The van der Waals surface area contributed by atoms with Crippen molar-refractivity contribution in [3.8, 4) is 0 Å². The molecule has 45 heavy (non-hydrogen) atoms. The van der Waals surface area contributed by atoms with Crippen molar-refractivity contribution in [2.45, 2.75) is 25.1 Å². The number of hydrogen-bond acceptors (Lipinski definition) is 3. The molecule has 4 aromatic rings. The number of piperazine rings is 1. The maximum absolute atomic E-state index is 13.4. The van der Waals surface area contributed by atoms with E-state index in [1.165, 1.54) is 28.2 Å². The Balaban J connectivity index is 1.21. The quantitative estimate of drug-likeness (QED) is 0.207. The summed E-state index contributed by atoms with van der Waals surface area (Å²) in [6, 6.07) is 34.4. The van der Waals surface area contributed by atoms with E-state index in [0.29, 0.717) is 39.1 Å². The van der Waals surface area contributed by atoms with E-state index < -0.39 is 17.8 Å². The zero-order valence-corrected chi connectivity index (χ0v) is 25.0. The molecule has 6 nitrogen and oxygen atoms in total. The van der Waals surface area contributed by atoms with Crippen LogP contribution in [0.1, 0.15) is 34.7 Å². The van der Waals surface area contributed by atoms with E-state index in [0.717, 1.165) is 17.7 Å². The third-order valence-electron chi connectivity index (χ3n) is 8.10. The van der Waals surface area contributed by atoms with E-state index in [1.807, 2.05) is 71.6 Å². The van der Waals surface area contributed by atoms with Gasteiger partial charge in [-0.3, -0.25) is 9.69 Å². The Morgan fingerprint density at radius 1 is 0.733 bits per heavy atom. The molecule has 0 spiro atoms. The van der Waals surface area contributed by atoms with Crippen molar-refractivity contribution in [2.24, 2.45) is 0 Å². The van der Waals surface area contributed by atoms with Crippen LogP contribution in [0.3, 0.4) is 0 Å². The molecule has 1 N–H and O–H groups in total. The van der Waals surface area contributed by atoms with Crippen LogP contribution in [0.5, 0.6) is 0 Å². The first-order valence-electron chi connectivity index (χ1n) is 15.2. The minimum absolute atomic E-state index is 0.0494. The van der Waals surface area contributed by atoms with Gasteiger partial charge in [-0.05, 0) is 41.3 Å². The van der Waals surface area contributed by atoms with Crippen LogP contribution in [0.25, 0.3) is 0 Å². The Kier molecular flexibility index (Phi) is 10.5. The molecule has 4 aromatic carbocycles. The summed E-state index contributed by atoms with van der Waals surface area (Å²) in [5.74, 6) is -0.0535. The molecule has 1 saturated heterocycles. The minimum Gasteiger partial charge on any atom is -0.340 e. The Morgan fingerprint density at radius 2 is 1.31 bits per heavy atom. The maximum Gasteiger partial charge on any atom is 0.416 e. The lowest BCUT2D eigenvalue weighted by atomic mass is 9.96. The normalized spacial score (nSPS) is 13.9. The molecule has 234 valence electrons. The molecule has 5 rings (SSSR count). The van der Waals surface area contributed by atoms with Crippen LogP contribution in [0.15, 0.2) is 115 Å². The summed E-state index contributed by atoms with van der Waals surface area (Å²) >= 11 is 0. The first-order chi connectivity index (χ1) is 21.8. The summed E-state index contributed by atoms with van der Waals surface area (Å²) < 4.78 is 39.7. The number of anilines is 1. The number of alkyl halides is 3. The van der Waals surface area contributed by atoms with E-state index in [9.17, 15) is 22.8 Å². The topological polar surface area (TPSA) is 55.9 Å². The highest BCUT2D eigenvalue weighted by Gasteiger charge is 2.31. The number of carbonyl (C=O) groups is 2. The molecule has 1 aliphatic heterocycles. The highest BCUT2D eigenvalue weighted by atomic mass is 19.4. The van der Waals surface area contributed by atoms with Crippen LogP contribution in [0.4, 0.5) is 23.7 Å². The van der Waals surface area contributed by atoms with Gasteiger partial charge in [0.05, 0.1) is 11.6 Å². The second kappa shape index (κ2) is 14.9. The maximum atomic E-state index is 13.4. The third kappa shape index (κ3) is 8.73. The Labute approximate surface area is 262 Å². The molecule has 0 saturated carbocycles. The fourth-order valence-electron chi connectivity index (χ4n) is 5.70. The fourth-order valence-corrected chi connectivity index (χ4v) is 5.70. The molecular weight excluding hydrogens is 577 g/mol. The number of benzene rings is 4. The van der Waals surface area contributed by atoms with Crippen LogP contribution in [-0.4, -0.2) is 65.9 Å². The van der Waals surface area contributed by atoms with Crippen LogP contribution in [0.2, 0.25) is 0 Å². The first kappa shape index (κ1) is 31.8. The average molecular weight is 615 g/mol. The van der Waals surface area contributed by atoms with Gasteiger partial charge >= 0.3 is 12.2 Å². The smallest absolute Gasteiger partial charge is 0.340 e. The van der Waals surface area contributed by atoms with Gasteiger partial charge in [-0.2, -0.15) is 13.2 Å². The van der Waals surface area contributed by atoms with E-state index in [-0.39, 0.29) is 30.6 Å². The molecule has 0 radical (unpaired) electrons. The van der Waals surface area contributed by atoms with Crippen molar-refractivity contribution >= 4 is 17.6 Å². The summed E-state index contributed by atoms with van der Waals surface area (Å²) in [4.78, 5) is 32.4. The van der Waals surface area contributed by atoms with Gasteiger partial charge in [0.2, 0.25) is 5.91 Å². The molecule has 0 atom stereocenters. The number of carbonyl (C=O) groups excluding carboxylic acids is 2. The predicted octanol–water partition coefficient (Wildman–Crippen LogP) is 7.11. The first-order valence-corrected chi connectivity index (χ1v) is 15.2. The molecule has 9 heteroatoms. The number of nitrogens with zero attached hydrogens (tertiary/aromatic N) is 3. The number of nitrogens with one attached hydrogen (secondary N) is 1. The predicted molar refractivity (Wildman–Crippen MR) is 170 cm³/mol. The van der Waals surface area contributed by atoms with Crippen molar-refractivity contribution < 1.29 is 22.8 Å². The molecule has 1 aliphatic rings. The average Bonchev–Trinajstić information content (AvgIpc) is 3.06. The summed E-state index contributed by atoms with van der Waals surface area (Å²) in [5, 5.41) is 2.60.